The molecule has 0 spiro atoms. The SMILES string of the molecule is c1ccc(-n2c(-c3cccc(-c4cc5cccnc5c5ccccc45)c3)nc3ccccc32)cc1. The first-order chi connectivity index (χ1) is 17.4. The zero-order chi connectivity index (χ0) is 23.2. The summed E-state index contributed by atoms with van der Waals surface area (Å²) in [6, 6.07) is 42.4. The maximum atomic E-state index is 5.06. The van der Waals surface area contributed by atoms with Gasteiger partial charge in [-0.1, -0.05) is 78.9 Å². The fourth-order valence-electron chi connectivity index (χ4n) is 5.04. The summed E-state index contributed by atoms with van der Waals surface area (Å²) >= 11 is 0. The number of nitrogens with zero attached hydrogens (tertiary/aromatic N) is 3. The molecule has 3 nitrogen and oxygen atoms in total. The lowest BCUT2D eigenvalue weighted by Gasteiger charge is -2.13. The van der Waals surface area contributed by atoms with Crippen molar-refractivity contribution in [2.45, 2.75) is 0 Å². The molecule has 2 aromatic heterocycles. The Morgan fingerprint density at radius 3 is 2.26 bits per heavy atom. The van der Waals surface area contributed by atoms with Gasteiger partial charge in [0.25, 0.3) is 0 Å². The van der Waals surface area contributed by atoms with Gasteiger partial charge < -0.3 is 0 Å². The lowest BCUT2D eigenvalue weighted by Crippen LogP contribution is -1.97. The largest absolute Gasteiger partial charge is 0.292 e. The molecule has 7 rings (SSSR count). The molecule has 0 amide bonds. The third-order valence-electron chi connectivity index (χ3n) is 6.62. The first kappa shape index (κ1) is 19.7. The van der Waals surface area contributed by atoms with Gasteiger partial charge in [0, 0.05) is 28.2 Å². The number of benzene rings is 5. The van der Waals surface area contributed by atoms with Gasteiger partial charge in [0.2, 0.25) is 0 Å². The molecule has 0 bridgehead atoms. The van der Waals surface area contributed by atoms with Gasteiger partial charge in [-0.2, -0.15) is 0 Å². The van der Waals surface area contributed by atoms with Crippen LogP contribution >= 0.6 is 0 Å². The number of rotatable bonds is 3. The molecular formula is C32H21N3. The summed E-state index contributed by atoms with van der Waals surface area (Å²) in [5.74, 6) is 0.936. The van der Waals surface area contributed by atoms with E-state index in [1.807, 2.05) is 24.4 Å². The summed E-state index contributed by atoms with van der Waals surface area (Å²) in [6.07, 6.45) is 1.86. The van der Waals surface area contributed by atoms with Crippen LogP contribution in [0.3, 0.4) is 0 Å². The van der Waals surface area contributed by atoms with E-state index in [1.165, 1.54) is 16.3 Å². The van der Waals surface area contributed by atoms with Crippen molar-refractivity contribution in [3.63, 3.8) is 0 Å². The first-order valence-corrected chi connectivity index (χ1v) is 11.8. The summed E-state index contributed by atoms with van der Waals surface area (Å²) in [6.45, 7) is 0. The van der Waals surface area contributed by atoms with Crippen LogP contribution in [0, 0.1) is 0 Å². The van der Waals surface area contributed by atoms with E-state index in [1.54, 1.807) is 0 Å². The van der Waals surface area contributed by atoms with Crippen LogP contribution in [-0.2, 0) is 0 Å². The summed E-state index contributed by atoms with van der Waals surface area (Å²) in [4.78, 5) is 9.72. The van der Waals surface area contributed by atoms with E-state index in [0.717, 1.165) is 44.6 Å². The number of aromatic nitrogens is 3. The molecule has 0 aliphatic heterocycles. The fraction of sp³-hybridized carbons (Fsp3) is 0. The van der Waals surface area contributed by atoms with Gasteiger partial charge in [-0.05, 0) is 59.0 Å². The second-order valence-corrected chi connectivity index (χ2v) is 8.72. The highest BCUT2D eigenvalue weighted by atomic mass is 15.1. The predicted molar refractivity (Wildman–Crippen MR) is 145 cm³/mol. The van der Waals surface area contributed by atoms with Crippen molar-refractivity contribution in [3.05, 3.63) is 128 Å². The number of hydrogen-bond acceptors (Lipinski definition) is 2. The number of pyridine rings is 1. The van der Waals surface area contributed by atoms with E-state index in [-0.39, 0.29) is 0 Å². The summed E-state index contributed by atoms with van der Waals surface area (Å²) in [5, 5.41) is 3.51. The maximum Gasteiger partial charge on any atom is 0.145 e. The zero-order valence-electron chi connectivity index (χ0n) is 19.0. The van der Waals surface area contributed by atoms with E-state index in [4.69, 9.17) is 4.98 Å². The third-order valence-corrected chi connectivity index (χ3v) is 6.62. The molecule has 0 N–H and O–H groups in total. The molecule has 0 unspecified atom stereocenters. The Morgan fingerprint density at radius 1 is 0.571 bits per heavy atom. The maximum absolute atomic E-state index is 5.06. The Bertz CT molecular complexity index is 1850. The van der Waals surface area contributed by atoms with E-state index in [9.17, 15) is 0 Å². The van der Waals surface area contributed by atoms with Crippen LogP contribution in [0.2, 0.25) is 0 Å². The average molecular weight is 448 g/mol. The molecule has 0 aliphatic rings. The van der Waals surface area contributed by atoms with Crippen molar-refractivity contribution in [2.24, 2.45) is 0 Å². The van der Waals surface area contributed by atoms with Crippen molar-refractivity contribution >= 4 is 32.7 Å². The molecule has 0 saturated carbocycles. The van der Waals surface area contributed by atoms with Crippen molar-refractivity contribution in [1.82, 2.24) is 14.5 Å². The highest BCUT2D eigenvalue weighted by Gasteiger charge is 2.15. The molecule has 0 atom stereocenters. The lowest BCUT2D eigenvalue weighted by atomic mass is 9.94. The summed E-state index contributed by atoms with van der Waals surface area (Å²) in [7, 11) is 0. The van der Waals surface area contributed by atoms with Crippen LogP contribution in [0.25, 0.3) is 60.9 Å². The smallest absolute Gasteiger partial charge is 0.145 e. The van der Waals surface area contributed by atoms with Crippen LogP contribution in [0.5, 0.6) is 0 Å². The number of hydrogen-bond donors (Lipinski definition) is 0. The van der Waals surface area contributed by atoms with Gasteiger partial charge in [0.1, 0.15) is 5.82 Å². The lowest BCUT2D eigenvalue weighted by molar-refractivity contribution is 1.10. The van der Waals surface area contributed by atoms with E-state index in [2.05, 4.69) is 113 Å². The Kier molecular flexibility index (Phi) is 4.46. The van der Waals surface area contributed by atoms with E-state index < -0.39 is 0 Å². The van der Waals surface area contributed by atoms with Crippen molar-refractivity contribution in [3.8, 4) is 28.2 Å². The van der Waals surface area contributed by atoms with Crippen molar-refractivity contribution in [2.75, 3.05) is 0 Å². The standard InChI is InChI=1S/C32H21N3/c1-2-13-25(14-3-1)35-30-18-7-6-17-29(30)34-32(35)24-11-8-10-22(20-24)28-21-23-12-9-19-33-31(23)27-16-5-4-15-26(27)28/h1-21H. The molecule has 0 saturated heterocycles. The van der Waals surface area contributed by atoms with Crippen LogP contribution in [0.1, 0.15) is 0 Å². The predicted octanol–water partition coefficient (Wildman–Crippen LogP) is 8.06. The highest BCUT2D eigenvalue weighted by molar-refractivity contribution is 6.12. The Labute approximate surface area is 203 Å². The zero-order valence-corrected chi connectivity index (χ0v) is 19.0. The van der Waals surface area contributed by atoms with Crippen LogP contribution in [-0.4, -0.2) is 14.5 Å². The molecule has 0 fully saturated rings. The second-order valence-electron chi connectivity index (χ2n) is 8.72. The minimum absolute atomic E-state index is 0.936. The minimum Gasteiger partial charge on any atom is -0.292 e. The fourth-order valence-corrected chi connectivity index (χ4v) is 5.04. The van der Waals surface area contributed by atoms with Crippen LogP contribution in [0.15, 0.2) is 128 Å². The number of imidazole rings is 1. The topological polar surface area (TPSA) is 30.7 Å². The molecule has 35 heavy (non-hydrogen) atoms. The van der Waals surface area contributed by atoms with Crippen LogP contribution < -0.4 is 0 Å². The Hall–Kier alpha value is -4.76. The second kappa shape index (κ2) is 7.93. The average Bonchev–Trinajstić information content (AvgIpc) is 3.33. The van der Waals surface area contributed by atoms with Gasteiger partial charge in [-0.3, -0.25) is 9.55 Å². The van der Waals surface area contributed by atoms with Crippen molar-refractivity contribution in [1.29, 1.82) is 0 Å². The van der Waals surface area contributed by atoms with E-state index >= 15 is 0 Å². The number of para-hydroxylation sites is 3. The molecule has 5 aromatic carbocycles. The molecule has 0 aliphatic carbocycles. The molecule has 164 valence electrons. The van der Waals surface area contributed by atoms with Gasteiger partial charge in [-0.15, -0.1) is 0 Å². The van der Waals surface area contributed by atoms with Gasteiger partial charge >= 0.3 is 0 Å². The highest BCUT2D eigenvalue weighted by Crippen LogP contribution is 2.36. The normalized spacial score (nSPS) is 11.4. The Balaban J connectivity index is 1.48. The molecule has 3 heteroatoms. The summed E-state index contributed by atoms with van der Waals surface area (Å²) in [5.41, 5.74) is 7.66. The molecular weight excluding hydrogens is 426 g/mol. The van der Waals surface area contributed by atoms with Gasteiger partial charge in [0.05, 0.1) is 16.6 Å². The van der Waals surface area contributed by atoms with Crippen LogP contribution in [0.4, 0.5) is 0 Å². The van der Waals surface area contributed by atoms with Crippen molar-refractivity contribution < 1.29 is 0 Å². The number of fused-ring (bicyclic) bond motifs is 4. The minimum atomic E-state index is 0.936. The Morgan fingerprint density at radius 2 is 1.34 bits per heavy atom. The molecule has 2 heterocycles. The van der Waals surface area contributed by atoms with Gasteiger partial charge in [0.15, 0.2) is 0 Å². The monoisotopic (exact) mass is 447 g/mol. The quantitative estimate of drug-likeness (QED) is 0.256. The third kappa shape index (κ3) is 3.21. The van der Waals surface area contributed by atoms with E-state index in [0.29, 0.717) is 0 Å². The molecule has 0 radical (unpaired) electrons. The molecule has 7 aromatic rings. The van der Waals surface area contributed by atoms with Gasteiger partial charge in [-0.25, -0.2) is 4.98 Å². The first-order valence-electron chi connectivity index (χ1n) is 11.8. The summed E-state index contributed by atoms with van der Waals surface area (Å²) < 4.78 is 2.25.